The minimum atomic E-state index is -0.625. The molecular weight excluding hydrogens is 90.1 g/mol. The molecule has 0 aliphatic carbocycles. The molecule has 2 heteroatoms. The van der Waals surface area contributed by atoms with E-state index in [0.29, 0.717) is 12.3 Å². The Morgan fingerprint density at radius 3 is 2.00 bits per heavy atom. The van der Waals surface area contributed by atoms with E-state index in [1.165, 1.54) is 0 Å². The van der Waals surface area contributed by atoms with Crippen molar-refractivity contribution < 1.29 is 5.11 Å². The molecule has 0 bridgehead atoms. The van der Waals surface area contributed by atoms with E-state index < -0.39 is 6.23 Å². The van der Waals surface area contributed by atoms with Crippen LogP contribution in [0.2, 0.25) is 0 Å². The second-order valence-corrected chi connectivity index (χ2v) is 2.20. The zero-order valence-corrected chi connectivity index (χ0v) is 4.89. The average molecular weight is 103 g/mol. The second kappa shape index (κ2) is 2.99. The van der Waals surface area contributed by atoms with Crippen LogP contribution in [0.25, 0.3) is 0 Å². The van der Waals surface area contributed by atoms with Crippen molar-refractivity contribution >= 4 is 0 Å². The molecule has 44 valence electrons. The van der Waals surface area contributed by atoms with Gasteiger partial charge in [0.25, 0.3) is 0 Å². The van der Waals surface area contributed by atoms with Gasteiger partial charge in [-0.05, 0) is 12.3 Å². The van der Waals surface area contributed by atoms with Crippen molar-refractivity contribution in [2.24, 2.45) is 11.7 Å². The number of aliphatic hydroxyl groups is 1. The van der Waals surface area contributed by atoms with Gasteiger partial charge in [-0.1, -0.05) is 13.8 Å². The van der Waals surface area contributed by atoms with Gasteiger partial charge >= 0.3 is 0 Å². The molecular formula is C5H13NO. The molecule has 7 heavy (non-hydrogen) atoms. The summed E-state index contributed by atoms with van der Waals surface area (Å²) in [6.45, 7) is 4.05. The molecule has 1 atom stereocenters. The molecule has 0 amide bonds. The van der Waals surface area contributed by atoms with E-state index >= 15 is 0 Å². The van der Waals surface area contributed by atoms with Crippen LogP contribution in [-0.2, 0) is 0 Å². The van der Waals surface area contributed by atoms with Crippen LogP contribution in [0.3, 0.4) is 0 Å². The number of hydrogen-bond acceptors (Lipinski definition) is 2. The standard InChI is InChI=1S/C5H13NO/c1-4(2)3-5(6)7/h4-5,7H,3,6H2,1-2H3/t5-/m1/s1. The van der Waals surface area contributed by atoms with Crippen LogP contribution in [0.15, 0.2) is 0 Å². The monoisotopic (exact) mass is 103 g/mol. The zero-order chi connectivity index (χ0) is 5.86. The van der Waals surface area contributed by atoms with E-state index in [2.05, 4.69) is 0 Å². The predicted octanol–water partition coefficient (Wildman–Crippen LogP) is 0.310. The Morgan fingerprint density at radius 1 is 1.57 bits per heavy atom. The van der Waals surface area contributed by atoms with Gasteiger partial charge in [0.15, 0.2) is 0 Å². The van der Waals surface area contributed by atoms with Crippen molar-refractivity contribution in [3.63, 3.8) is 0 Å². The first kappa shape index (κ1) is 6.92. The van der Waals surface area contributed by atoms with Crippen LogP contribution in [0.4, 0.5) is 0 Å². The summed E-state index contributed by atoms with van der Waals surface area (Å²) in [6, 6.07) is 0. The van der Waals surface area contributed by atoms with Crippen molar-refractivity contribution in [2.45, 2.75) is 26.5 Å². The summed E-state index contributed by atoms with van der Waals surface area (Å²) in [6.07, 6.45) is 0.0694. The third-order valence-corrected chi connectivity index (χ3v) is 0.713. The summed E-state index contributed by atoms with van der Waals surface area (Å²) in [4.78, 5) is 0. The van der Waals surface area contributed by atoms with Gasteiger partial charge in [-0.25, -0.2) is 0 Å². The summed E-state index contributed by atoms with van der Waals surface area (Å²) < 4.78 is 0. The van der Waals surface area contributed by atoms with Crippen LogP contribution in [-0.4, -0.2) is 11.3 Å². The highest BCUT2D eigenvalue weighted by Gasteiger charge is 1.97. The highest BCUT2D eigenvalue weighted by atomic mass is 16.3. The van der Waals surface area contributed by atoms with Crippen molar-refractivity contribution in [1.82, 2.24) is 0 Å². The molecule has 0 fully saturated rings. The Balaban J connectivity index is 2.95. The molecule has 2 nitrogen and oxygen atoms in total. The van der Waals surface area contributed by atoms with E-state index in [0.717, 1.165) is 0 Å². The first-order valence-corrected chi connectivity index (χ1v) is 2.56. The van der Waals surface area contributed by atoms with E-state index in [-0.39, 0.29) is 0 Å². The molecule has 0 aromatic heterocycles. The van der Waals surface area contributed by atoms with Crippen molar-refractivity contribution in [1.29, 1.82) is 0 Å². The zero-order valence-electron chi connectivity index (χ0n) is 4.89. The second-order valence-electron chi connectivity index (χ2n) is 2.20. The average Bonchev–Trinajstić information content (AvgIpc) is 1.27. The molecule has 0 spiro atoms. The molecule has 0 saturated heterocycles. The van der Waals surface area contributed by atoms with Gasteiger partial charge in [-0.3, -0.25) is 0 Å². The fourth-order valence-electron chi connectivity index (χ4n) is 0.483. The van der Waals surface area contributed by atoms with E-state index in [1.807, 2.05) is 13.8 Å². The Morgan fingerprint density at radius 2 is 2.00 bits per heavy atom. The minimum absolute atomic E-state index is 0.500. The van der Waals surface area contributed by atoms with Gasteiger partial charge in [0.1, 0.15) is 6.23 Å². The highest BCUT2D eigenvalue weighted by Crippen LogP contribution is 1.98. The SMILES string of the molecule is CC(C)C[C@H](N)O. The smallest absolute Gasteiger partial charge is 0.102 e. The quantitative estimate of drug-likeness (QED) is 0.494. The lowest BCUT2D eigenvalue weighted by Gasteiger charge is -2.04. The summed E-state index contributed by atoms with van der Waals surface area (Å²) in [5.41, 5.74) is 5.05. The van der Waals surface area contributed by atoms with E-state index in [9.17, 15) is 0 Å². The molecule has 0 aliphatic rings. The Bertz CT molecular complexity index is 37.3. The fourth-order valence-corrected chi connectivity index (χ4v) is 0.483. The van der Waals surface area contributed by atoms with Crippen LogP contribution in [0.5, 0.6) is 0 Å². The minimum Gasteiger partial charge on any atom is -0.379 e. The molecule has 0 aromatic carbocycles. The molecule has 0 aliphatic heterocycles. The number of nitrogens with two attached hydrogens (primary N) is 1. The summed E-state index contributed by atoms with van der Waals surface area (Å²) in [7, 11) is 0. The van der Waals surface area contributed by atoms with Crippen molar-refractivity contribution in [2.75, 3.05) is 0 Å². The van der Waals surface area contributed by atoms with Gasteiger partial charge in [-0.2, -0.15) is 0 Å². The Labute approximate surface area is 44.3 Å². The third-order valence-electron chi connectivity index (χ3n) is 0.713. The van der Waals surface area contributed by atoms with E-state index in [1.54, 1.807) is 0 Å². The summed E-state index contributed by atoms with van der Waals surface area (Å²) in [5.74, 6) is 0.500. The van der Waals surface area contributed by atoms with Gasteiger partial charge in [0.05, 0.1) is 0 Å². The molecule has 0 aromatic rings. The van der Waals surface area contributed by atoms with Crippen LogP contribution in [0.1, 0.15) is 20.3 Å². The molecule has 0 heterocycles. The molecule has 0 unspecified atom stereocenters. The lowest BCUT2D eigenvalue weighted by molar-refractivity contribution is 0.156. The van der Waals surface area contributed by atoms with Crippen molar-refractivity contribution in [3.05, 3.63) is 0 Å². The fraction of sp³-hybridized carbons (Fsp3) is 1.00. The van der Waals surface area contributed by atoms with Gasteiger partial charge in [0, 0.05) is 0 Å². The summed E-state index contributed by atoms with van der Waals surface area (Å²) in [5, 5.41) is 8.50. The Hall–Kier alpha value is -0.0800. The van der Waals surface area contributed by atoms with Crippen LogP contribution < -0.4 is 5.73 Å². The summed E-state index contributed by atoms with van der Waals surface area (Å²) >= 11 is 0. The lowest BCUT2D eigenvalue weighted by Crippen LogP contribution is -2.20. The maximum absolute atomic E-state index is 8.50. The van der Waals surface area contributed by atoms with Gasteiger partial charge < -0.3 is 10.8 Å². The van der Waals surface area contributed by atoms with Gasteiger partial charge in [-0.15, -0.1) is 0 Å². The van der Waals surface area contributed by atoms with Gasteiger partial charge in [0.2, 0.25) is 0 Å². The number of hydrogen-bond donors (Lipinski definition) is 2. The Kier molecular flexibility index (Phi) is 2.96. The van der Waals surface area contributed by atoms with Crippen molar-refractivity contribution in [3.8, 4) is 0 Å². The highest BCUT2D eigenvalue weighted by molar-refractivity contribution is 4.47. The van der Waals surface area contributed by atoms with E-state index in [4.69, 9.17) is 10.8 Å². The first-order chi connectivity index (χ1) is 3.13. The predicted molar refractivity (Wildman–Crippen MR) is 29.6 cm³/mol. The maximum atomic E-state index is 8.50. The third kappa shape index (κ3) is 5.92. The maximum Gasteiger partial charge on any atom is 0.102 e. The molecule has 0 rings (SSSR count). The number of rotatable bonds is 2. The molecule has 3 N–H and O–H groups in total. The van der Waals surface area contributed by atoms with Crippen LogP contribution >= 0.6 is 0 Å². The molecule has 0 radical (unpaired) electrons. The first-order valence-electron chi connectivity index (χ1n) is 2.56. The lowest BCUT2D eigenvalue weighted by atomic mass is 10.1. The normalized spacial score (nSPS) is 15.0. The largest absolute Gasteiger partial charge is 0.379 e. The topological polar surface area (TPSA) is 46.2 Å². The number of aliphatic hydroxyl groups excluding tert-OH is 1. The van der Waals surface area contributed by atoms with Crippen LogP contribution in [0, 0.1) is 5.92 Å². The molecule has 0 saturated carbocycles.